The molecule has 132 valence electrons. The third-order valence-corrected chi connectivity index (χ3v) is 4.16. The van der Waals surface area contributed by atoms with Crippen LogP contribution in [0.1, 0.15) is 10.5 Å². The molecule has 8 heteroatoms. The van der Waals surface area contributed by atoms with Gasteiger partial charge in [0.2, 0.25) is 0 Å². The quantitative estimate of drug-likeness (QED) is 0.656. The topological polar surface area (TPSA) is 76.1 Å². The van der Waals surface area contributed by atoms with Gasteiger partial charge < -0.3 is 15.4 Å². The van der Waals surface area contributed by atoms with E-state index < -0.39 is 5.91 Å². The van der Waals surface area contributed by atoms with Gasteiger partial charge in [-0.05, 0) is 42.5 Å². The van der Waals surface area contributed by atoms with E-state index in [1.165, 1.54) is 12.4 Å². The lowest BCUT2D eigenvalue weighted by Crippen LogP contribution is -2.14. The molecular formula is C18H14Cl2N4O2. The molecule has 0 atom stereocenters. The van der Waals surface area contributed by atoms with Crippen LogP contribution in [0.4, 0.5) is 17.2 Å². The molecule has 0 unspecified atom stereocenters. The van der Waals surface area contributed by atoms with E-state index in [1.54, 1.807) is 25.3 Å². The van der Waals surface area contributed by atoms with Gasteiger partial charge in [-0.3, -0.25) is 4.79 Å². The maximum Gasteiger partial charge on any atom is 0.275 e. The number of hydrogen-bond donors (Lipinski definition) is 2. The van der Waals surface area contributed by atoms with Crippen LogP contribution in [-0.4, -0.2) is 23.0 Å². The molecule has 3 aromatic rings. The number of carbonyl (C=O) groups excluding carboxylic acids is 1. The van der Waals surface area contributed by atoms with Gasteiger partial charge in [0, 0.05) is 11.4 Å². The number of methoxy groups -OCH3 is 1. The van der Waals surface area contributed by atoms with Crippen molar-refractivity contribution in [3.8, 4) is 5.75 Å². The summed E-state index contributed by atoms with van der Waals surface area (Å²) in [7, 11) is 1.61. The summed E-state index contributed by atoms with van der Waals surface area (Å²) in [5.74, 6) is 0.879. The Labute approximate surface area is 160 Å². The molecule has 0 aliphatic carbocycles. The van der Waals surface area contributed by atoms with Crippen LogP contribution >= 0.6 is 23.2 Å². The first-order valence-corrected chi connectivity index (χ1v) is 8.30. The normalized spacial score (nSPS) is 10.3. The summed E-state index contributed by atoms with van der Waals surface area (Å²) in [6.45, 7) is 0. The molecule has 1 amide bonds. The largest absolute Gasteiger partial charge is 0.497 e. The van der Waals surface area contributed by atoms with Gasteiger partial charge in [0.15, 0.2) is 0 Å². The van der Waals surface area contributed by atoms with Crippen LogP contribution in [0, 0.1) is 0 Å². The summed E-state index contributed by atoms with van der Waals surface area (Å²) >= 11 is 11.8. The van der Waals surface area contributed by atoms with E-state index >= 15 is 0 Å². The number of anilines is 3. The molecule has 0 aliphatic heterocycles. The molecule has 0 radical (unpaired) electrons. The standard InChI is InChI=1S/C18H14Cl2N4O2/c1-26-13-5-2-11(3-6-13)23-17-10-21-16(9-22-17)18(25)24-12-4-7-14(19)15(20)8-12/h2-10H,1H3,(H,22,23)(H,24,25). The van der Waals surface area contributed by atoms with E-state index in [1.807, 2.05) is 24.3 Å². The Hall–Kier alpha value is -2.83. The number of benzene rings is 2. The summed E-state index contributed by atoms with van der Waals surface area (Å²) in [5, 5.41) is 6.55. The summed E-state index contributed by atoms with van der Waals surface area (Å²) in [6, 6.07) is 12.2. The van der Waals surface area contributed by atoms with E-state index in [2.05, 4.69) is 20.6 Å². The lowest BCUT2D eigenvalue weighted by atomic mass is 10.3. The van der Waals surface area contributed by atoms with Crippen molar-refractivity contribution in [3.63, 3.8) is 0 Å². The maximum absolute atomic E-state index is 12.2. The molecule has 0 fully saturated rings. The predicted molar refractivity (Wildman–Crippen MR) is 103 cm³/mol. The lowest BCUT2D eigenvalue weighted by molar-refractivity contribution is 0.102. The number of ether oxygens (including phenoxy) is 1. The van der Waals surface area contributed by atoms with Crippen molar-refractivity contribution in [2.75, 3.05) is 17.7 Å². The monoisotopic (exact) mass is 388 g/mol. The Morgan fingerprint density at radius 1 is 0.962 bits per heavy atom. The molecule has 1 aromatic heterocycles. The predicted octanol–water partition coefficient (Wildman–Crippen LogP) is 4.79. The van der Waals surface area contributed by atoms with Crippen LogP contribution in [0.3, 0.4) is 0 Å². The first-order valence-electron chi connectivity index (χ1n) is 7.54. The Morgan fingerprint density at radius 2 is 1.69 bits per heavy atom. The Balaban J connectivity index is 1.66. The lowest BCUT2D eigenvalue weighted by Gasteiger charge is -2.08. The third kappa shape index (κ3) is 4.41. The molecule has 2 N–H and O–H groups in total. The zero-order valence-corrected chi connectivity index (χ0v) is 15.2. The van der Waals surface area contributed by atoms with E-state index in [0.717, 1.165) is 11.4 Å². The van der Waals surface area contributed by atoms with Gasteiger partial charge in [-0.1, -0.05) is 23.2 Å². The molecule has 0 spiro atoms. The number of nitrogens with one attached hydrogen (secondary N) is 2. The van der Waals surface area contributed by atoms with Gasteiger partial charge in [-0.2, -0.15) is 0 Å². The van der Waals surface area contributed by atoms with Gasteiger partial charge in [-0.15, -0.1) is 0 Å². The molecule has 0 aliphatic rings. The fraction of sp³-hybridized carbons (Fsp3) is 0.0556. The number of amides is 1. The molecular weight excluding hydrogens is 375 g/mol. The summed E-state index contributed by atoms with van der Waals surface area (Å²) in [4.78, 5) is 20.5. The van der Waals surface area contributed by atoms with Crippen LogP contribution in [0.5, 0.6) is 5.75 Å². The SMILES string of the molecule is COc1ccc(Nc2cnc(C(=O)Nc3ccc(Cl)c(Cl)c3)cn2)cc1. The summed E-state index contributed by atoms with van der Waals surface area (Å²) in [6.07, 6.45) is 2.87. The summed E-state index contributed by atoms with van der Waals surface area (Å²) < 4.78 is 5.11. The Morgan fingerprint density at radius 3 is 2.31 bits per heavy atom. The van der Waals surface area contributed by atoms with Crippen LogP contribution in [0.25, 0.3) is 0 Å². The van der Waals surface area contributed by atoms with Crippen molar-refractivity contribution in [1.29, 1.82) is 0 Å². The average molecular weight is 389 g/mol. The van der Waals surface area contributed by atoms with E-state index in [4.69, 9.17) is 27.9 Å². The Kier molecular flexibility index (Phi) is 5.55. The van der Waals surface area contributed by atoms with Crippen LogP contribution < -0.4 is 15.4 Å². The second-order valence-electron chi connectivity index (χ2n) is 5.22. The second-order valence-corrected chi connectivity index (χ2v) is 6.04. The summed E-state index contributed by atoms with van der Waals surface area (Å²) in [5.41, 5.74) is 1.52. The first kappa shape index (κ1) is 18.0. The molecule has 0 bridgehead atoms. The van der Waals surface area contributed by atoms with Crippen molar-refractivity contribution in [1.82, 2.24) is 9.97 Å². The van der Waals surface area contributed by atoms with Crippen molar-refractivity contribution in [3.05, 3.63) is 70.6 Å². The highest BCUT2D eigenvalue weighted by Crippen LogP contribution is 2.25. The zero-order valence-electron chi connectivity index (χ0n) is 13.7. The van der Waals surface area contributed by atoms with Gasteiger partial charge in [0.1, 0.15) is 17.3 Å². The average Bonchev–Trinajstić information content (AvgIpc) is 2.66. The number of halogens is 2. The van der Waals surface area contributed by atoms with Crippen LogP contribution in [-0.2, 0) is 0 Å². The van der Waals surface area contributed by atoms with Crippen LogP contribution in [0.15, 0.2) is 54.9 Å². The second kappa shape index (κ2) is 8.03. The minimum absolute atomic E-state index is 0.177. The van der Waals surface area contributed by atoms with E-state index in [9.17, 15) is 4.79 Å². The van der Waals surface area contributed by atoms with Crippen molar-refractivity contribution < 1.29 is 9.53 Å². The molecule has 2 aromatic carbocycles. The molecule has 26 heavy (non-hydrogen) atoms. The highest BCUT2D eigenvalue weighted by molar-refractivity contribution is 6.42. The fourth-order valence-electron chi connectivity index (χ4n) is 2.10. The van der Waals surface area contributed by atoms with E-state index in [0.29, 0.717) is 21.6 Å². The number of nitrogens with zero attached hydrogens (tertiary/aromatic N) is 2. The number of carbonyl (C=O) groups is 1. The van der Waals surface area contributed by atoms with Crippen molar-refractivity contribution in [2.45, 2.75) is 0 Å². The van der Waals surface area contributed by atoms with Crippen molar-refractivity contribution >= 4 is 46.3 Å². The molecule has 3 rings (SSSR count). The smallest absolute Gasteiger partial charge is 0.275 e. The number of aromatic nitrogens is 2. The number of hydrogen-bond acceptors (Lipinski definition) is 5. The van der Waals surface area contributed by atoms with Crippen LogP contribution in [0.2, 0.25) is 10.0 Å². The van der Waals surface area contributed by atoms with Gasteiger partial charge in [0.05, 0.1) is 29.5 Å². The highest BCUT2D eigenvalue weighted by Gasteiger charge is 2.10. The Bertz CT molecular complexity index is 915. The van der Waals surface area contributed by atoms with E-state index in [-0.39, 0.29) is 5.69 Å². The molecule has 0 saturated carbocycles. The molecule has 1 heterocycles. The number of rotatable bonds is 5. The molecule has 6 nitrogen and oxygen atoms in total. The van der Waals surface area contributed by atoms with Gasteiger partial charge in [-0.25, -0.2) is 9.97 Å². The zero-order chi connectivity index (χ0) is 18.5. The van der Waals surface area contributed by atoms with Gasteiger partial charge in [0.25, 0.3) is 5.91 Å². The van der Waals surface area contributed by atoms with Gasteiger partial charge >= 0.3 is 0 Å². The first-order chi connectivity index (χ1) is 12.5. The minimum Gasteiger partial charge on any atom is -0.497 e. The maximum atomic E-state index is 12.2. The molecule has 0 saturated heterocycles. The third-order valence-electron chi connectivity index (χ3n) is 3.42. The fourth-order valence-corrected chi connectivity index (χ4v) is 2.40. The van der Waals surface area contributed by atoms with Crippen molar-refractivity contribution in [2.24, 2.45) is 0 Å². The highest BCUT2D eigenvalue weighted by atomic mass is 35.5. The minimum atomic E-state index is -0.396.